The zero-order valence-corrected chi connectivity index (χ0v) is 23.6. The molecule has 0 fully saturated rings. The molecule has 0 amide bonds. The van der Waals surface area contributed by atoms with Crippen LogP contribution in [-0.4, -0.2) is 44.6 Å². The summed E-state index contributed by atoms with van der Waals surface area (Å²) in [5.74, 6) is -1.56. The van der Waals surface area contributed by atoms with E-state index < -0.39 is 34.4 Å². The Hall–Kier alpha value is -5.26. The van der Waals surface area contributed by atoms with Crippen LogP contribution in [0.25, 0.3) is 26.5 Å². The highest BCUT2D eigenvalue weighted by Crippen LogP contribution is 2.38. The lowest BCUT2D eigenvalue weighted by molar-refractivity contribution is -0.384. The van der Waals surface area contributed by atoms with E-state index in [1.54, 1.807) is 26.2 Å². The molecule has 14 heteroatoms. The molecule has 0 aliphatic rings. The number of fused-ring (bicyclic) bond motifs is 1. The van der Waals surface area contributed by atoms with Gasteiger partial charge < -0.3 is 9.64 Å². The normalized spacial score (nSPS) is 11.2. The fourth-order valence-electron chi connectivity index (χ4n) is 4.59. The van der Waals surface area contributed by atoms with Gasteiger partial charge in [0, 0.05) is 29.1 Å². The summed E-state index contributed by atoms with van der Waals surface area (Å²) in [5, 5.41) is 20.1. The van der Waals surface area contributed by atoms with E-state index in [1.165, 1.54) is 36.5 Å². The van der Waals surface area contributed by atoms with Gasteiger partial charge in [-0.1, -0.05) is 6.07 Å². The van der Waals surface area contributed by atoms with Crippen LogP contribution < -0.4 is 16.0 Å². The summed E-state index contributed by atoms with van der Waals surface area (Å²) in [5.41, 5.74) is -1.00. The maximum Gasteiger partial charge on any atom is 0.338 e. The van der Waals surface area contributed by atoms with E-state index in [0.29, 0.717) is 16.0 Å². The van der Waals surface area contributed by atoms with Gasteiger partial charge >= 0.3 is 5.69 Å². The molecule has 43 heavy (non-hydrogen) atoms. The second-order valence-corrected chi connectivity index (χ2v) is 10.6. The summed E-state index contributed by atoms with van der Waals surface area (Å²) in [7, 11) is 3.57. The maximum absolute atomic E-state index is 14.8. The van der Waals surface area contributed by atoms with Gasteiger partial charge in [0.05, 0.1) is 23.1 Å². The highest BCUT2D eigenvalue weighted by Gasteiger charge is 2.26. The number of nitro benzene ring substituents is 1. The first-order valence-electron chi connectivity index (χ1n) is 12.7. The molecule has 0 spiro atoms. The zero-order chi connectivity index (χ0) is 30.8. The SMILES string of the molecule is CN(C)Cc1c(-c2ccc([N+](=O)[O-])cc2)sc2c1c(=O)n(-c1ccc(OCC#N)cn1)c(=O)n2Cc1c(F)cccc1F. The first kappa shape index (κ1) is 29.2. The Morgan fingerprint density at radius 3 is 2.35 bits per heavy atom. The summed E-state index contributed by atoms with van der Waals surface area (Å²) in [4.78, 5) is 45.5. The van der Waals surface area contributed by atoms with Crippen molar-refractivity contribution in [1.29, 1.82) is 5.26 Å². The standard InChI is InChI=1S/C29H22F2N6O5S/c1-34(2)15-21-25-27(38)36(24-11-10-19(14-33-24)42-13-12-32)29(39)35(16-20-22(30)4-3-5-23(20)31)28(25)43-26(21)17-6-8-18(9-7-17)37(40)41/h3-11,14H,13,15-16H2,1-2H3. The molecule has 0 N–H and O–H groups in total. The van der Waals surface area contributed by atoms with Crippen molar-refractivity contribution in [2.45, 2.75) is 13.1 Å². The second kappa shape index (κ2) is 11.9. The minimum absolute atomic E-state index is 0.0668. The highest BCUT2D eigenvalue weighted by molar-refractivity contribution is 7.22. The van der Waals surface area contributed by atoms with Crippen LogP contribution in [-0.2, 0) is 13.1 Å². The Bertz CT molecular complexity index is 1990. The molecule has 218 valence electrons. The molecule has 0 radical (unpaired) electrons. The summed E-state index contributed by atoms with van der Waals surface area (Å²) >= 11 is 1.07. The van der Waals surface area contributed by atoms with Gasteiger partial charge in [-0.3, -0.25) is 19.5 Å². The average Bonchev–Trinajstić information content (AvgIpc) is 3.34. The highest BCUT2D eigenvalue weighted by atomic mass is 32.1. The van der Waals surface area contributed by atoms with Crippen molar-refractivity contribution in [3.63, 3.8) is 0 Å². The van der Waals surface area contributed by atoms with Crippen molar-refractivity contribution in [3.05, 3.63) is 115 Å². The molecule has 0 atom stereocenters. The van der Waals surface area contributed by atoms with Crippen LogP contribution in [0.2, 0.25) is 0 Å². The summed E-state index contributed by atoms with van der Waals surface area (Å²) < 4.78 is 36.8. The zero-order valence-electron chi connectivity index (χ0n) is 22.8. The molecular formula is C29H22F2N6O5S. The molecule has 0 bridgehead atoms. The third kappa shape index (κ3) is 5.63. The number of hydrogen-bond acceptors (Lipinski definition) is 9. The fourth-order valence-corrected chi connectivity index (χ4v) is 5.89. The van der Waals surface area contributed by atoms with Gasteiger partial charge in [-0.2, -0.15) is 5.26 Å². The monoisotopic (exact) mass is 604 g/mol. The quantitative estimate of drug-likeness (QED) is 0.178. The lowest BCUT2D eigenvalue weighted by atomic mass is 10.1. The first-order valence-corrected chi connectivity index (χ1v) is 13.5. The van der Waals surface area contributed by atoms with Crippen molar-refractivity contribution >= 4 is 27.2 Å². The van der Waals surface area contributed by atoms with Gasteiger partial charge in [0.25, 0.3) is 11.2 Å². The van der Waals surface area contributed by atoms with Crippen molar-refractivity contribution in [2.24, 2.45) is 0 Å². The lowest BCUT2D eigenvalue weighted by Crippen LogP contribution is -2.39. The van der Waals surface area contributed by atoms with Crippen LogP contribution in [0.1, 0.15) is 11.1 Å². The Kier molecular flexibility index (Phi) is 8.11. The molecule has 5 aromatic rings. The van der Waals surface area contributed by atoms with Gasteiger partial charge in [0.15, 0.2) is 6.61 Å². The van der Waals surface area contributed by atoms with E-state index in [9.17, 15) is 28.5 Å². The molecule has 3 aromatic heterocycles. The predicted octanol–water partition coefficient (Wildman–Crippen LogP) is 4.47. The molecule has 0 saturated carbocycles. The number of nitriles is 1. The van der Waals surface area contributed by atoms with E-state index in [4.69, 9.17) is 10.00 Å². The third-order valence-corrected chi connectivity index (χ3v) is 7.82. The van der Waals surface area contributed by atoms with Crippen LogP contribution in [0.15, 0.2) is 70.4 Å². The van der Waals surface area contributed by atoms with Gasteiger partial charge in [-0.05, 0) is 61.6 Å². The number of pyridine rings is 1. The molecule has 3 heterocycles. The smallest absolute Gasteiger partial charge is 0.338 e. The topological polar surface area (TPSA) is 136 Å². The third-order valence-electron chi connectivity index (χ3n) is 6.52. The minimum Gasteiger partial charge on any atom is -0.477 e. The van der Waals surface area contributed by atoms with Gasteiger partial charge in [-0.15, -0.1) is 11.3 Å². The van der Waals surface area contributed by atoms with Gasteiger partial charge in [0.2, 0.25) is 0 Å². The van der Waals surface area contributed by atoms with Crippen LogP contribution in [0.3, 0.4) is 0 Å². The Morgan fingerprint density at radius 2 is 1.77 bits per heavy atom. The molecule has 0 aliphatic carbocycles. The number of nitro groups is 1. The van der Waals surface area contributed by atoms with Crippen LogP contribution in [0, 0.1) is 33.1 Å². The number of non-ortho nitro benzene ring substituents is 1. The molecular weight excluding hydrogens is 582 g/mol. The molecule has 0 aliphatic heterocycles. The van der Waals surface area contributed by atoms with E-state index in [2.05, 4.69) is 4.98 Å². The van der Waals surface area contributed by atoms with Crippen molar-refractivity contribution in [3.8, 4) is 28.1 Å². The Balaban J connectivity index is 1.83. The number of aromatic nitrogens is 3. The summed E-state index contributed by atoms with van der Waals surface area (Å²) in [6, 6.07) is 13.7. The number of rotatable bonds is 9. The number of hydrogen-bond donors (Lipinski definition) is 0. The lowest BCUT2D eigenvalue weighted by Gasteiger charge is -2.14. The summed E-state index contributed by atoms with van der Waals surface area (Å²) in [6.45, 7) is -0.524. The van der Waals surface area contributed by atoms with E-state index in [-0.39, 0.29) is 46.2 Å². The van der Waals surface area contributed by atoms with Gasteiger partial charge in [-0.25, -0.2) is 23.1 Å². The van der Waals surface area contributed by atoms with E-state index in [1.807, 2.05) is 11.0 Å². The van der Waals surface area contributed by atoms with Gasteiger partial charge in [0.1, 0.15) is 34.1 Å². The minimum atomic E-state index is -0.883. The largest absolute Gasteiger partial charge is 0.477 e. The first-order chi connectivity index (χ1) is 20.6. The molecule has 11 nitrogen and oxygen atoms in total. The van der Waals surface area contributed by atoms with Crippen LogP contribution in [0.5, 0.6) is 5.75 Å². The van der Waals surface area contributed by atoms with Crippen LogP contribution >= 0.6 is 11.3 Å². The molecule has 5 rings (SSSR count). The van der Waals surface area contributed by atoms with Crippen LogP contribution in [0.4, 0.5) is 14.5 Å². The Labute approximate surface area is 246 Å². The van der Waals surface area contributed by atoms with Crippen molar-refractivity contribution < 1.29 is 18.4 Å². The molecule has 2 aromatic carbocycles. The van der Waals surface area contributed by atoms with Crippen molar-refractivity contribution in [2.75, 3.05) is 20.7 Å². The van der Waals surface area contributed by atoms with E-state index >= 15 is 0 Å². The second-order valence-electron chi connectivity index (χ2n) is 9.64. The number of halogens is 2. The van der Waals surface area contributed by atoms with E-state index in [0.717, 1.165) is 32.6 Å². The number of benzene rings is 2. The molecule has 0 saturated heterocycles. The number of nitrogens with zero attached hydrogens (tertiary/aromatic N) is 6. The Morgan fingerprint density at radius 1 is 1.07 bits per heavy atom. The van der Waals surface area contributed by atoms with Crippen molar-refractivity contribution in [1.82, 2.24) is 19.0 Å². The maximum atomic E-state index is 14.8. The predicted molar refractivity (Wildman–Crippen MR) is 156 cm³/mol. The average molecular weight is 605 g/mol. The fraction of sp³-hybridized carbons (Fsp3) is 0.172. The summed E-state index contributed by atoms with van der Waals surface area (Å²) in [6.07, 6.45) is 1.25. The number of ether oxygens (including phenoxy) is 1. The molecule has 0 unspecified atom stereocenters. The number of thiophene rings is 1.